The smallest absolute Gasteiger partial charge is 0.228 e. The number of carbonyl (C=O) groups excluding carboxylic acids is 2. The van der Waals surface area contributed by atoms with Crippen LogP contribution in [0.5, 0.6) is 0 Å². The number of benzene rings is 2. The minimum absolute atomic E-state index is 0.100. The maximum Gasteiger partial charge on any atom is 0.228 e. The van der Waals surface area contributed by atoms with E-state index in [2.05, 4.69) is 10.6 Å². The molecular weight excluding hydrogens is 314 g/mol. The number of aryl methyl sites for hydroxylation is 1. The van der Waals surface area contributed by atoms with E-state index in [1.165, 1.54) is 0 Å². The van der Waals surface area contributed by atoms with Gasteiger partial charge in [0.15, 0.2) is 0 Å². The van der Waals surface area contributed by atoms with Crippen LogP contribution in [0.1, 0.15) is 23.1 Å². The van der Waals surface area contributed by atoms with Crippen LogP contribution in [-0.4, -0.2) is 11.8 Å². The van der Waals surface area contributed by atoms with Crippen LogP contribution in [0.3, 0.4) is 0 Å². The van der Waals surface area contributed by atoms with Gasteiger partial charge in [0.1, 0.15) is 6.07 Å². The van der Waals surface area contributed by atoms with Gasteiger partial charge in [-0.1, -0.05) is 36.4 Å². The third-order valence-electron chi connectivity index (χ3n) is 4.48. The van der Waals surface area contributed by atoms with Crippen molar-refractivity contribution in [3.05, 3.63) is 65.2 Å². The predicted octanol–water partition coefficient (Wildman–Crippen LogP) is 2.76. The standard InChI is InChI=1S/C20H19N3O2/c1-13-6-2-3-8-15(13)12-22-19(24)16-10-17(16)20(25)23-18-9-5-4-7-14(18)11-21/h2-9,16-17H,10,12H2,1H3,(H,22,24)(H,23,25). The molecule has 0 saturated heterocycles. The maximum atomic E-state index is 12.3. The zero-order valence-corrected chi connectivity index (χ0v) is 14.0. The lowest BCUT2D eigenvalue weighted by molar-refractivity contribution is -0.125. The Hall–Kier alpha value is -3.13. The number of hydrogen-bond acceptors (Lipinski definition) is 3. The molecule has 1 saturated carbocycles. The predicted molar refractivity (Wildman–Crippen MR) is 94.4 cm³/mol. The number of para-hydroxylation sites is 1. The van der Waals surface area contributed by atoms with Crippen LogP contribution >= 0.6 is 0 Å². The molecule has 2 aromatic carbocycles. The van der Waals surface area contributed by atoms with Crippen molar-refractivity contribution in [2.45, 2.75) is 19.9 Å². The van der Waals surface area contributed by atoms with Crippen LogP contribution in [0.15, 0.2) is 48.5 Å². The highest BCUT2D eigenvalue weighted by atomic mass is 16.2. The van der Waals surface area contributed by atoms with Gasteiger partial charge in [-0.25, -0.2) is 0 Å². The number of amides is 2. The third kappa shape index (κ3) is 3.86. The van der Waals surface area contributed by atoms with Crippen molar-refractivity contribution in [3.8, 4) is 6.07 Å². The highest BCUT2D eigenvalue weighted by molar-refractivity contribution is 6.00. The van der Waals surface area contributed by atoms with Gasteiger partial charge in [0.2, 0.25) is 11.8 Å². The minimum Gasteiger partial charge on any atom is -0.352 e. The second-order valence-electron chi connectivity index (χ2n) is 6.24. The van der Waals surface area contributed by atoms with E-state index in [0.717, 1.165) is 11.1 Å². The molecule has 5 nitrogen and oxygen atoms in total. The van der Waals surface area contributed by atoms with E-state index in [9.17, 15) is 9.59 Å². The molecule has 2 N–H and O–H groups in total. The Morgan fingerprint density at radius 3 is 2.52 bits per heavy atom. The summed E-state index contributed by atoms with van der Waals surface area (Å²) in [5, 5.41) is 14.7. The molecule has 0 aliphatic heterocycles. The fourth-order valence-corrected chi connectivity index (χ4v) is 2.81. The van der Waals surface area contributed by atoms with Gasteiger partial charge < -0.3 is 10.6 Å². The molecule has 25 heavy (non-hydrogen) atoms. The molecule has 2 unspecified atom stereocenters. The third-order valence-corrected chi connectivity index (χ3v) is 4.48. The zero-order valence-electron chi connectivity index (χ0n) is 14.0. The average molecular weight is 333 g/mol. The van der Waals surface area contributed by atoms with E-state index < -0.39 is 0 Å². The Balaban J connectivity index is 1.53. The van der Waals surface area contributed by atoms with Crippen LogP contribution < -0.4 is 10.6 Å². The summed E-state index contributed by atoms with van der Waals surface area (Å²) in [5.74, 6) is -0.933. The first-order chi connectivity index (χ1) is 12.1. The van der Waals surface area contributed by atoms with Crippen molar-refractivity contribution in [2.75, 3.05) is 5.32 Å². The molecule has 5 heteroatoms. The summed E-state index contributed by atoms with van der Waals surface area (Å²) in [7, 11) is 0. The lowest BCUT2D eigenvalue weighted by Gasteiger charge is -2.08. The summed E-state index contributed by atoms with van der Waals surface area (Å²) >= 11 is 0. The van der Waals surface area contributed by atoms with E-state index in [1.807, 2.05) is 37.3 Å². The SMILES string of the molecule is Cc1ccccc1CNC(=O)C1CC1C(=O)Nc1ccccc1C#N. The highest BCUT2D eigenvalue weighted by Crippen LogP contribution is 2.39. The average Bonchev–Trinajstić information content (AvgIpc) is 3.42. The number of rotatable bonds is 5. The first-order valence-corrected chi connectivity index (χ1v) is 8.22. The molecule has 0 spiro atoms. The van der Waals surface area contributed by atoms with Crippen molar-refractivity contribution in [1.82, 2.24) is 5.32 Å². The van der Waals surface area contributed by atoms with Crippen LogP contribution in [-0.2, 0) is 16.1 Å². The van der Waals surface area contributed by atoms with Gasteiger partial charge in [-0.3, -0.25) is 9.59 Å². The molecule has 2 aromatic rings. The molecule has 1 aliphatic rings. The van der Waals surface area contributed by atoms with Crippen LogP contribution in [0.2, 0.25) is 0 Å². The largest absolute Gasteiger partial charge is 0.352 e. The molecule has 0 aromatic heterocycles. The van der Waals surface area contributed by atoms with Crippen LogP contribution in [0.25, 0.3) is 0 Å². The number of nitrogens with zero attached hydrogens (tertiary/aromatic N) is 1. The molecular formula is C20H19N3O2. The van der Waals surface area contributed by atoms with Gasteiger partial charge >= 0.3 is 0 Å². The summed E-state index contributed by atoms with van der Waals surface area (Å²) < 4.78 is 0. The van der Waals surface area contributed by atoms with E-state index in [4.69, 9.17) is 5.26 Å². The maximum absolute atomic E-state index is 12.3. The van der Waals surface area contributed by atoms with Gasteiger partial charge in [0, 0.05) is 6.54 Å². The molecule has 3 rings (SSSR count). The van der Waals surface area contributed by atoms with Gasteiger partial charge in [0.25, 0.3) is 0 Å². The lowest BCUT2D eigenvalue weighted by Crippen LogP contribution is -2.27. The zero-order chi connectivity index (χ0) is 17.8. The summed E-state index contributed by atoms with van der Waals surface area (Å²) in [4.78, 5) is 24.5. The molecule has 0 bridgehead atoms. The number of nitriles is 1. The normalized spacial score (nSPS) is 18.1. The van der Waals surface area contributed by atoms with Gasteiger partial charge in [-0.05, 0) is 36.6 Å². The first-order valence-electron chi connectivity index (χ1n) is 8.22. The Bertz CT molecular complexity index is 854. The fraction of sp³-hybridized carbons (Fsp3) is 0.250. The Morgan fingerprint density at radius 2 is 1.76 bits per heavy atom. The second-order valence-corrected chi connectivity index (χ2v) is 6.24. The topological polar surface area (TPSA) is 82.0 Å². The Kier molecular flexibility index (Phi) is 4.80. The van der Waals surface area contributed by atoms with Crippen molar-refractivity contribution in [3.63, 3.8) is 0 Å². The van der Waals surface area contributed by atoms with E-state index in [-0.39, 0.29) is 23.7 Å². The summed E-state index contributed by atoms with van der Waals surface area (Å²) in [5.41, 5.74) is 3.10. The van der Waals surface area contributed by atoms with E-state index in [1.54, 1.807) is 24.3 Å². The quantitative estimate of drug-likeness (QED) is 0.882. The molecule has 2 atom stereocenters. The van der Waals surface area contributed by atoms with Crippen molar-refractivity contribution in [2.24, 2.45) is 11.8 Å². The number of carbonyl (C=O) groups is 2. The Labute approximate surface area is 146 Å². The summed E-state index contributed by atoms with van der Waals surface area (Å²) in [6.45, 7) is 2.47. The van der Waals surface area contributed by atoms with Crippen LogP contribution in [0.4, 0.5) is 5.69 Å². The van der Waals surface area contributed by atoms with Crippen molar-refractivity contribution in [1.29, 1.82) is 5.26 Å². The van der Waals surface area contributed by atoms with E-state index in [0.29, 0.717) is 24.2 Å². The van der Waals surface area contributed by atoms with Crippen LogP contribution in [0, 0.1) is 30.1 Å². The van der Waals surface area contributed by atoms with Crippen molar-refractivity contribution < 1.29 is 9.59 Å². The number of nitrogens with one attached hydrogen (secondary N) is 2. The van der Waals surface area contributed by atoms with Crippen molar-refractivity contribution >= 4 is 17.5 Å². The summed E-state index contributed by atoms with van der Waals surface area (Å²) in [6.07, 6.45) is 0.542. The lowest BCUT2D eigenvalue weighted by atomic mass is 10.1. The molecule has 2 amide bonds. The summed E-state index contributed by atoms with van der Waals surface area (Å²) in [6, 6.07) is 16.8. The molecule has 0 radical (unpaired) electrons. The molecule has 126 valence electrons. The van der Waals surface area contributed by atoms with E-state index >= 15 is 0 Å². The Morgan fingerprint density at radius 1 is 1.08 bits per heavy atom. The number of anilines is 1. The monoisotopic (exact) mass is 333 g/mol. The highest BCUT2D eigenvalue weighted by Gasteiger charge is 2.48. The molecule has 0 heterocycles. The minimum atomic E-state index is -0.330. The van der Waals surface area contributed by atoms with Gasteiger partial charge in [-0.15, -0.1) is 0 Å². The second kappa shape index (κ2) is 7.18. The molecule has 1 aliphatic carbocycles. The fourth-order valence-electron chi connectivity index (χ4n) is 2.81. The first kappa shape index (κ1) is 16.7. The van der Waals surface area contributed by atoms with Gasteiger partial charge in [0.05, 0.1) is 23.1 Å². The van der Waals surface area contributed by atoms with Gasteiger partial charge in [-0.2, -0.15) is 5.26 Å². The number of hydrogen-bond donors (Lipinski definition) is 2. The molecule has 1 fully saturated rings.